The van der Waals surface area contributed by atoms with Crippen molar-refractivity contribution in [1.82, 2.24) is 4.90 Å². The number of aliphatic carboxylic acids is 1. The van der Waals surface area contributed by atoms with E-state index in [2.05, 4.69) is 0 Å². The molecule has 1 aromatic heterocycles. The van der Waals surface area contributed by atoms with Gasteiger partial charge in [-0.05, 0) is 37.9 Å². The van der Waals surface area contributed by atoms with Crippen molar-refractivity contribution >= 4 is 5.97 Å². The first kappa shape index (κ1) is 11.2. The SMILES string of the molecule is Cc1ccoc1CN1CCCCC1C(=O)O. The Morgan fingerprint density at radius 1 is 1.62 bits per heavy atom. The van der Waals surface area contributed by atoms with Gasteiger partial charge in [-0.2, -0.15) is 0 Å². The number of nitrogens with zero attached hydrogens (tertiary/aromatic N) is 1. The van der Waals surface area contributed by atoms with Gasteiger partial charge in [0.05, 0.1) is 12.8 Å². The maximum absolute atomic E-state index is 11.1. The first-order valence-corrected chi connectivity index (χ1v) is 5.68. The van der Waals surface area contributed by atoms with E-state index in [0.717, 1.165) is 37.1 Å². The van der Waals surface area contributed by atoms with Gasteiger partial charge in [-0.15, -0.1) is 0 Å². The molecule has 1 fully saturated rings. The fraction of sp³-hybridized carbons (Fsp3) is 0.583. The molecule has 88 valence electrons. The molecule has 0 spiro atoms. The highest BCUT2D eigenvalue weighted by Gasteiger charge is 2.29. The summed E-state index contributed by atoms with van der Waals surface area (Å²) in [5.74, 6) is 0.164. The highest BCUT2D eigenvalue weighted by molar-refractivity contribution is 5.73. The molecule has 0 saturated carbocycles. The Balaban J connectivity index is 2.07. The number of furan rings is 1. The van der Waals surface area contributed by atoms with E-state index in [1.165, 1.54) is 0 Å². The van der Waals surface area contributed by atoms with Crippen molar-refractivity contribution in [3.63, 3.8) is 0 Å². The van der Waals surface area contributed by atoms with E-state index in [0.29, 0.717) is 6.54 Å². The highest BCUT2D eigenvalue weighted by atomic mass is 16.4. The molecular formula is C12H17NO3. The van der Waals surface area contributed by atoms with Crippen LogP contribution >= 0.6 is 0 Å². The van der Waals surface area contributed by atoms with Crippen LogP contribution in [-0.2, 0) is 11.3 Å². The Morgan fingerprint density at radius 3 is 3.06 bits per heavy atom. The van der Waals surface area contributed by atoms with Gasteiger partial charge in [-0.25, -0.2) is 0 Å². The van der Waals surface area contributed by atoms with Crippen LogP contribution < -0.4 is 0 Å². The fourth-order valence-electron chi connectivity index (χ4n) is 2.21. The van der Waals surface area contributed by atoms with Gasteiger partial charge in [0.1, 0.15) is 11.8 Å². The van der Waals surface area contributed by atoms with E-state index >= 15 is 0 Å². The monoisotopic (exact) mass is 223 g/mol. The van der Waals surface area contributed by atoms with Gasteiger partial charge in [-0.3, -0.25) is 9.69 Å². The molecule has 1 N–H and O–H groups in total. The van der Waals surface area contributed by atoms with Crippen LogP contribution in [0.1, 0.15) is 30.6 Å². The van der Waals surface area contributed by atoms with Crippen LogP contribution in [0.5, 0.6) is 0 Å². The van der Waals surface area contributed by atoms with Gasteiger partial charge in [0, 0.05) is 0 Å². The molecule has 0 bridgehead atoms. The maximum atomic E-state index is 11.1. The van der Waals surface area contributed by atoms with Crippen molar-refractivity contribution in [2.45, 2.75) is 38.8 Å². The minimum Gasteiger partial charge on any atom is -0.480 e. The van der Waals surface area contributed by atoms with Gasteiger partial charge < -0.3 is 9.52 Å². The van der Waals surface area contributed by atoms with Crippen molar-refractivity contribution in [2.24, 2.45) is 0 Å². The lowest BCUT2D eigenvalue weighted by Crippen LogP contribution is -2.44. The Kier molecular flexibility index (Phi) is 3.29. The molecule has 1 aromatic rings. The predicted molar refractivity (Wildman–Crippen MR) is 59.1 cm³/mol. The average molecular weight is 223 g/mol. The summed E-state index contributed by atoms with van der Waals surface area (Å²) in [5, 5.41) is 9.13. The first-order valence-electron chi connectivity index (χ1n) is 5.68. The van der Waals surface area contributed by atoms with E-state index in [9.17, 15) is 4.79 Å². The van der Waals surface area contributed by atoms with Crippen LogP contribution in [0.15, 0.2) is 16.7 Å². The third-order valence-corrected chi connectivity index (χ3v) is 3.21. The number of carboxylic acid groups (broad SMARTS) is 1. The summed E-state index contributed by atoms with van der Waals surface area (Å²) in [4.78, 5) is 13.1. The van der Waals surface area contributed by atoms with Gasteiger partial charge >= 0.3 is 5.97 Å². The van der Waals surface area contributed by atoms with Gasteiger partial charge in [0.15, 0.2) is 0 Å². The highest BCUT2D eigenvalue weighted by Crippen LogP contribution is 2.21. The first-order chi connectivity index (χ1) is 7.68. The lowest BCUT2D eigenvalue weighted by Gasteiger charge is -2.32. The summed E-state index contributed by atoms with van der Waals surface area (Å²) in [6.07, 6.45) is 4.48. The van der Waals surface area contributed by atoms with Crippen LogP contribution in [-0.4, -0.2) is 28.6 Å². The second-order valence-corrected chi connectivity index (χ2v) is 4.35. The number of piperidine rings is 1. The molecular weight excluding hydrogens is 206 g/mol. The van der Waals surface area contributed by atoms with Gasteiger partial charge in [-0.1, -0.05) is 6.42 Å². The third-order valence-electron chi connectivity index (χ3n) is 3.21. The quantitative estimate of drug-likeness (QED) is 0.851. The van der Waals surface area contributed by atoms with Crippen LogP contribution in [0.4, 0.5) is 0 Å². The number of hydrogen-bond donors (Lipinski definition) is 1. The Hall–Kier alpha value is -1.29. The molecule has 0 aromatic carbocycles. The number of likely N-dealkylation sites (tertiary alicyclic amines) is 1. The van der Waals surface area contributed by atoms with Crippen LogP contribution in [0, 0.1) is 6.92 Å². The molecule has 1 aliphatic rings. The summed E-state index contributed by atoms with van der Waals surface area (Å²) in [6.45, 7) is 3.44. The van der Waals surface area contributed by atoms with Gasteiger partial charge in [0.25, 0.3) is 0 Å². The molecule has 2 rings (SSSR count). The minimum atomic E-state index is -0.719. The van der Waals surface area contributed by atoms with Crippen LogP contribution in [0.3, 0.4) is 0 Å². The van der Waals surface area contributed by atoms with E-state index in [1.807, 2.05) is 17.9 Å². The molecule has 1 atom stereocenters. The summed E-state index contributed by atoms with van der Waals surface area (Å²) in [6, 6.07) is 1.56. The molecule has 2 heterocycles. The standard InChI is InChI=1S/C12H17NO3/c1-9-5-7-16-11(9)8-13-6-3-2-4-10(13)12(14)15/h5,7,10H,2-4,6,8H2,1H3,(H,14,15). The fourth-order valence-corrected chi connectivity index (χ4v) is 2.21. The zero-order chi connectivity index (χ0) is 11.5. The number of rotatable bonds is 3. The Labute approximate surface area is 94.9 Å². The van der Waals surface area contributed by atoms with Crippen molar-refractivity contribution in [3.05, 3.63) is 23.7 Å². The molecule has 1 unspecified atom stereocenters. The predicted octanol–water partition coefficient (Wildman–Crippen LogP) is 2.03. The molecule has 1 saturated heterocycles. The number of carbonyl (C=O) groups is 1. The number of carboxylic acids is 1. The summed E-state index contributed by atoms with van der Waals surface area (Å²) < 4.78 is 5.36. The Bertz CT molecular complexity index is 372. The molecule has 0 aliphatic carbocycles. The molecule has 0 amide bonds. The van der Waals surface area contributed by atoms with Crippen molar-refractivity contribution < 1.29 is 14.3 Å². The van der Waals surface area contributed by atoms with Crippen molar-refractivity contribution in [1.29, 1.82) is 0 Å². The number of aryl methyl sites for hydroxylation is 1. The zero-order valence-electron chi connectivity index (χ0n) is 9.48. The lowest BCUT2D eigenvalue weighted by atomic mass is 10.0. The van der Waals surface area contributed by atoms with E-state index in [-0.39, 0.29) is 6.04 Å². The number of hydrogen-bond acceptors (Lipinski definition) is 3. The summed E-state index contributed by atoms with van der Waals surface area (Å²) in [7, 11) is 0. The second-order valence-electron chi connectivity index (χ2n) is 4.35. The van der Waals surface area contributed by atoms with Crippen LogP contribution in [0.25, 0.3) is 0 Å². The zero-order valence-corrected chi connectivity index (χ0v) is 9.48. The van der Waals surface area contributed by atoms with Crippen molar-refractivity contribution in [3.8, 4) is 0 Å². The summed E-state index contributed by atoms with van der Waals surface area (Å²) in [5.41, 5.74) is 1.09. The molecule has 4 heteroatoms. The van der Waals surface area contributed by atoms with E-state index in [1.54, 1.807) is 6.26 Å². The summed E-state index contributed by atoms with van der Waals surface area (Å²) >= 11 is 0. The normalized spacial score (nSPS) is 22.2. The molecule has 0 radical (unpaired) electrons. The second kappa shape index (κ2) is 4.70. The van der Waals surface area contributed by atoms with Gasteiger partial charge in [0.2, 0.25) is 0 Å². The van der Waals surface area contributed by atoms with E-state index < -0.39 is 5.97 Å². The Morgan fingerprint density at radius 2 is 2.44 bits per heavy atom. The van der Waals surface area contributed by atoms with Crippen LogP contribution in [0.2, 0.25) is 0 Å². The molecule has 1 aliphatic heterocycles. The topological polar surface area (TPSA) is 53.7 Å². The maximum Gasteiger partial charge on any atom is 0.320 e. The lowest BCUT2D eigenvalue weighted by molar-refractivity contribution is -0.145. The minimum absolute atomic E-state index is 0.349. The van der Waals surface area contributed by atoms with E-state index in [4.69, 9.17) is 9.52 Å². The largest absolute Gasteiger partial charge is 0.480 e. The molecule has 16 heavy (non-hydrogen) atoms. The smallest absolute Gasteiger partial charge is 0.320 e. The third kappa shape index (κ3) is 2.27. The average Bonchev–Trinajstić information content (AvgIpc) is 2.65. The van der Waals surface area contributed by atoms with Crippen molar-refractivity contribution in [2.75, 3.05) is 6.54 Å². The molecule has 4 nitrogen and oxygen atoms in total.